The molecule has 6 heterocycles. The van der Waals surface area contributed by atoms with Gasteiger partial charge >= 0.3 is 5.97 Å². The summed E-state index contributed by atoms with van der Waals surface area (Å²) in [5.41, 5.74) is 9.89. The Morgan fingerprint density at radius 3 is 1.31 bits per heavy atom. The summed E-state index contributed by atoms with van der Waals surface area (Å²) in [6, 6.07) is 33.7. The van der Waals surface area contributed by atoms with Crippen LogP contribution >= 0.6 is 68.0 Å². The zero-order valence-electron chi connectivity index (χ0n) is 38.1. The number of thiophene rings is 6. The van der Waals surface area contributed by atoms with Gasteiger partial charge in [-0.05, 0) is 145 Å². The Morgan fingerprint density at radius 2 is 0.908 bits per heavy atom. The monoisotopic (exact) mass is 958 g/mol. The van der Waals surface area contributed by atoms with E-state index in [0.29, 0.717) is 12.2 Å². The summed E-state index contributed by atoms with van der Waals surface area (Å²) in [5.74, 6) is -0.281. The van der Waals surface area contributed by atoms with Gasteiger partial charge in [0, 0.05) is 70.7 Å². The lowest BCUT2D eigenvalue weighted by Gasteiger charge is -2.59. The van der Waals surface area contributed by atoms with Crippen molar-refractivity contribution in [3.8, 4) is 39.0 Å². The molecule has 2 nitrogen and oxygen atoms in total. The lowest BCUT2D eigenvalue weighted by atomic mass is 9.42. The van der Waals surface area contributed by atoms with Crippen LogP contribution in [0.5, 0.6) is 0 Å². The van der Waals surface area contributed by atoms with Crippen molar-refractivity contribution in [3.05, 3.63) is 174 Å². The smallest absolute Gasteiger partial charge is 0.338 e. The maximum atomic E-state index is 13.6. The number of hydrogen-bond acceptors (Lipinski definition) is 8. The van der Waals surface area contributed by atoms with E-state index in [4.69, 9.17) is 4.74 Å². The quantitative estimate of drug-likeness (QED) is 0.142. The summed E-state index contributed by atoms with van der Waals surface area (Å²) in [7, 11) is 0. The maximum Gasteiger partial charge on any atom is 0.338 e. The first-order valence-electron chi connectivity index (χ1n) is 22.3. The van der Waals surface area contributed by atoms with E-state index in [2.05, 4.69) is 175 Å². The van der Waals surface area contributed by atoms with Crippen molar-refractivity contribution in [1.82, 2.24) is 0 Å². The van der Waals surface area contributed by atoms with Crippen LogP contribution in [-0.4, -0.2) is 12.6 Å². The van der Waals surface area contributed by atoms with Crippen molar-refractivity contribution in [1.29, 1.82) is 0 Å². The number of hydrogen-bond donors (Lipinski definition) is 0. The number of allylic oxidation sites excluding steroid dienone is 10. The van der Waals surface area contributed by atoms with Gasteiger partial charge in [0.05, 0.1) is 12.2 Å². The molecule has 0 N–H and O–H groups in total. The van der Waals surface area contributed by atoms with E-state index >= 15 is 0 Å². The van der Waals surface area contributed by atoms with Crippen LogP contribution in [0, 0.1) is 21.7 Å². The zero-order chi connectivity index (χ0) is 45.2. The first kappa shape index (κ1) is 42.9. The van der Waals surface area contributed by atoms with Crippen molar-refractivity contribution >= 4 is 96.3 Å². The van der Waals surface area contributed by atoms with Gasteiger partial charge in [-0.15, -0.1) is 68.0 Å². The summed E-state index contributed by atoms with van der Waals surface area (Å²) in [4.78, 5) is 26.5. The fourth-order valence-corrected chi connectivity index (χ4v) is 16.2. The molecular weight excluding hydrogens is 909 g/mol. The Kier molecular flexibility index (Phi) is 10.2. The van der Waals surface area contributed by atoms with E-state index in [1.54, 1.807) is 22.7 Å². The Morgan fingerprint density at radius 1 is 0.508 bits per heavy atom. The largest absolute Gasteiger partial charge is 0.462 e. The third-order valence-electron chi connectivity index (χ3n) is 13.9. The second-order valence-electron chi connectivity index (χ2n) is 19.7. The van der Waals surface area contributed by atoms with Gasteiger partial charge in [-0.3, -0.25) is 0 Å². The summed E-state index contributed by atoms with van der Waals surface area (Å²) in [5, 5.41) is 6.64. The van der Waals surface area contributed by atoms with Crippen LogP contribution in [0.4, 0.5) is 0 Å². The van der Waals surface area contributed by atoms with Crippen molar-refractivity contribution in [3.63, 3.8) is 0 Å². The zero-order valence-corrected chi connectivity index (χ0v) is 43.0. The van der Waals surface area contributed by atoms with Gasteiger partial charge in [0.15, 0.2) is 0 Å². The summed E-state index contributed by atoms with van der Waals surface area (Å²) < 4.78 is 5.64. The van der Waals surface area contributed by atoms with Gasteiger partial charge in [0.25, 0.3) is 0 Å². The van der Waals surface area contributed by atoms with Crippen molar-refractivity contribution in [2.75, 3.05) is 6.61 Å². The van der Waals surface area contributed by atoms with E-state index in [1.807, 2.05) is 58.3 Å². The molecule has 1 aromatic carbocycles. The normalized spacial score (nSPS) is 20.3. The fourth-order valence-electron chi connectivity index (χ4n) is 10.2. The fraction of sp³-hybridized carbons (Fsp3) is 0.246. The minimum Gasteiger partial charge on any atom is -0.462 e. The number of esters is 1. The van der Waals surface area contributed by atoms with Crippen molar-refractivity contribution in [2.45, 2.75) is 62.3 Å². The average molecular weight is 959 g/mol. The van der Waals surface area contributed by atoms with E-state index in [0.717, 1.165) is 5.22 Å². The molecule has 0 spiro atoms. The van der Waals surface area contributed by atoms with Crippen LogP contribution in [0.2, 0.25) is 0 Å². The minimum absolute atomic E-state index is 0.129. The van der Waals surface area contributed by atoms with E-state index in [1.165, 1.54) is 98.6 Å². The van der Waals surface area contributed by atoms with E-state index in [9.17, 15) is 4.79 Å². The molecule has 8 heteroatoms. The van der Waals surface area contributed by atoms with Gasteiger partial charge in [-0.1, -0.05) is 97.9 Å². The third kappa shape index (κ3) is 6.72. The summed E-state index contributed by atoms with van der Waals surface area (Å²) >= 11 is 11.2. The van der Waals surface area contributed by atoms with Gasteiger partial charge in [0.1, 0.15) is 0 Å². The van der Waals surface area contributed by atoms with Crippen LogP contribution in [0.15, 0.2) is 148 Å². The highest BCUT2D eigenvalue weighted by Crippen LogP contribution is 2.72. The van der Waals surface area contributed by atoms with Crippen molar-refractivity contribution < 1.29 is 9.53 Å². The molecule has 2 atom stereocenters. The lowest BCUT2D eigenvalue weighted by Crippen LogP contribution is -2.55. The molecule has 7 aromatic rings. The standard InChI is InChI=1S/C57H50O2S6/c1-10-59-53(58)32-15-16-35-36(27-32)38-29-34(55(5,6)7)31-40-52(50-24-22-48(65-50)46-20-18-44(63-46)42-14-12-26-61-42)51(39-30-33(54(2,3)4)28-37(35)56(39,8)57(38,40)9)49-23-21-47(64-49)45-19-17-43(62-45)41-13-11-25-60-41/h11-31H,10H2,1-9H3/t56-,57-/m1/s1. The molecule has 0 unspecified atom stereocenters. The summed E-state index contributed by atoms with van der Waals surface area (Å²) in [6.07, 6.45) is 10.1. The topological polar surface area (TPSA) is 26.3 Å². The second kappa shape index (κ2) is 15.4. The molecule has 0 fully saturated rings. The maximum absolute atomic E-state index is 13.6. The van der Waals surface area contributed by atoms with Gasteiger partial charge in [-0.2, -0.15) is 0 Å². The van der Waals surface area contributed by atoms with E-state index in [-0.39, 0.29) is 16.8 Å². The van der Waals surface area contributed by atoms with Gasteiger partial charge in [-0.25, -0.2) is 4.79 Å². The highest BCUT2D eigenvalue weighted by molar-refractivity contribution is 7.27. The summed E-state index contributed by atoms with van der Waals surface area (Å²) in [6.45, 7) is 21.2. The molecule has 0 radical (unpaired) electrons. The highest BCUT2D eigenvalue weighted by Gasteiger charge is 2.61. The van der Waals surface area contributed by atoms with Crippen LogP contribution in [0.3, 0.4) is 0 Å². The molecule has 0 bridgehead atoms. The molecule has 6 aromatic heterocycles. The Labute approximate surface area is 406 Å². The molecule has 0 saturated carbocycles. The SMILES string of the molecule is CCOC(=O)c1ccc2c(c1)=C1C=C(C(C)(C)C)C=C3C(c4ccc(-c5ccc(-c6cccs6)s5)s4)=C(c4ccc(-c5ccc(-c6cccs6)s5)s4)C4=CC(C(C)(C)C)=CC=2[C@@]4(C)[C@@]31C. The molecule has 4 aliphatic carbocycles. The number of rotatable bonds is 8. The first-order chi connectivity index (χ1) is 31.1. The number of benzene rings is 1. The first-order valence-corrected chi connectivity index (χ1v) is 27.3. The molecule has 4 aliphatic rings. The molecule has 0 saturated heterocycles. The average Bonchev–Trinajstić information content (AvgIpc) is 4.12. The minimum atomic E-state index is -0.495. The van der Waals surface area contributed by atoms with Gasteiger partial charge in [0.2, 0.25) is 0 Å². The van der Waals surface area contributed by atoms with Crippen LogP contribution < -0.4 is 10.4 Å². The number of ether oxygens (including phenoxy) is 1. The Balaban J connectivity index is 1.24. The van der Waals surface area contributed by atoms with Gasteiger partial charge < -0.3 is 4.74 Å². The number of carbonyl (C=O) groups excluding carboxylic acids is 1. The predicted octanol–water partition coefficient (Wildman–Crippen LogP) is 16.7. The molecule has 11 rings (SSSR count). The second-order valence-corrected chi connectivity index (χ2v) is 26.0. The van der Waals surface area contributed by atoms with E-state index < -0.39 is 10.8 Å². The van der Waals surface area contributed by atoms with Crippen LogP contribution in [-0.2, 0) is 4.74 Å². The highest BCUT2D eigenvalue weighted by atomic mass is 32.1. The van der Waals surface area contributed by atoms with Crippen LogP contribution in [0.1, 0.15) is 82.4 Å². The molecule has 0 amide bonds. The third-order valence-corrected chi connectivity index (χ3v) is 20.8. The number of fused-ring (bicyclic) bond motifs is 1. The molecule has 326 valence electrons. The Bertz CT molecular complexity index is 3380. The molecular formula is C57H50O2S6. The molecule has 65 heavy (non-hydrogen) atoms. The Hall–Kier alpha value is -4.67. The predicted molar refractivity (Wildman–Crippen MR) is 285 cm³/mol. The molecule has 0 aliphatic heterocycles. The van der Waals surface area contributed by atoms with Crippen molar-refractivity contribution in [2.24, 2.45) is 21.7 Å². The lowest BCUT2D eigenvalue weighted by molar-refractivity contribution is 0.0526. The van der Waals surface area contributed by atoms with Crippen LogP contribution in [0.25, 0.3) is 61.3 Å². The number of carbonyl (C=O) groups is 1.